The Labute approximate surface area is 139 Å². The molecule has 6 heteroatoms. The van der Waals surface area contributed by atoms with Crippen LogP contribution in [0.15, 0.2) is 34.8 Å². The summed E-state index contributed by atoms with van der Waals surface area (Å²) >= 11 is 3.61. The van der Waals surface area contributed by atoms with Crippen molar-refractivity contribution < 1.29 is 0 Å². The van der Waals surface area contributed by atoms with E-state index in [0.717, 1.165) is 35.9 Å². The third kappa shape index (κ3) is 3.37. The van der Waals surface area contributed by atoms with E-state index in [1.165, 1.54) is 10.3 Å². The van der Waals surface area contributed by atoms with Crippen LogP contribution < -0.4 is 0 Å². The zero-order valence-electron chi connectivity index (χ0n) is 12.3. The van der Waals surface area contributed by atoms with Crippen LogP contribution in [0.3, 0.4) is 0 Å². The smallest absolute Gasteiger partial charge is 0.126 e. The lowest BCUT2D eigenvalue weighted by Crippen LogP contribution is -2.25. The van der Waals surface area contributed by atoms with E-state index in [9.17, 15) is 0 Å². The molecule has 0 aliphatic heterocycles. The molecule has 0 unspecified atom stereocenters. The molecule has 3 nitrogen and oxygen atoms in total. The second-order valence-corrected chi connectivity index (χ2v) is 6.64. The van der Waals surface area contributed by atoms with Crippen molar-refractivity contribution in [1.29, 1.82) is 0 Å². The number of halogens is 1. The second-order valence-electron chi connectivity index (χ2n) is 4.67. The fourth-order valence-electron chi connectivity index (χ4n) is 2.38. The Bertz CT molecular complexity index is 703. The molecule has 0 saturated heterocycles. The predicted octanol–water partition coefficient (Wildman–Crippen LogP) is 4.40. The number of hydrogen-bond acceptors (Lipinski definition) is 4. The molecule has 21 heavy (non-hydrogen) atoms. The van der Waals surface area contributed by atoms with Gasteiger partial charge < -0.3 is 9.30 Å². The van der Waals surface area contributed by atoms with Crippen LogP contribution >= 0.6 is 35.5 Å². The molecule has 114 valence electrons. The van der Waals surface area contributed by atoms with Crippen molar-refractivity contribution in [1.82, 2.24) is 14.3 Å². The van der Waals surface area contributed by atoms with E-state index in [1.807, 2.05) is 11.8 Å². The number of hydrogen-bond donors (Lipinski definition) is 0. The van der Waals surface area contributed by atoms with Crippen LogP contribution in [0.2, 0.25) is 0 Å². The standard InChI is InChI=1S/C15H19N3S2.ClH/c1-3-17(4-2)9-11-19-14-13-6-5-8-18(13)15-12(16-14)7-10-20-15;/h5-8,10H,3-4,9,11H2,1-2H3;1H. The van der Waals surface area contributed by atoms with Crippen molar-refractivity contribution in [3.8, 4) is 0 Å². The molecule has 3 rings (SSSR count). The van der Waals surface area contributed by atoms with Gasteiger partial charge in [0, 0.05) is 18.5 Å². The topological polar surface area (TPSA) is 20.5 Å². The lowest BCUT2D eigenvalue weighted by molar-refractivity contribution is 0.324. The van der Waals surface area contributed by atoms with Crippen LogP contribution in [0.4, 0.5) is 0 Å². The molecule has 0 fully saturated rings. The number of fused-ring (bicyclic) bond motifs is 3. The summed E-state index contributed by atoms with van der Waals surface area (Å²) in [6, 6.07) is 6.37. The zero-order chi connectivity index (χ0) is 13.9. The van der Waals surface area contributed by atoms with Gasteiger partial charge in [0.15, 0.2) is 0 Å². The Kier molecular flexibility index (Phi) is 5.93. The van der Waals surface area contributed by atoms with Crippen molar-refractivity contribution in [2.45, 2.75) is 18.9 Å². The number of nitrogens with zero attached hydrogens (tertiary/aromatic N) is 3. The van der Waals surface area contributed by atoms with Gasteiger partial charge in [-0.15, -0.1) is 35.5 Å². The van der Waals surface area contributed by atoms with Crippen molar-refractivity contribution in [3.05, 3.63) is 29.8 Å². The van der Waals surface area contributed by atoms with Crippen molar-refractivity contribution in [2.24, 2.45) is 0 Å². The number of thioether (sulfide) groups is 1. The minimum atomic E-state index is 0. The van der Waals surface area contributed by atoms with Gasteiger partial charge in [0.1, 0.15) is 9.86 Å². The molecule has 0 bridgehead atoms. The van der Waals surface area contributed by atoms with Gasteiger partial charge in [-0.1, -0.05) is 13.8 Å². The molecule has 0 atom stereocenters. The lowest BCUT2D eigenvalue weighted by atomic mass is 10.5. The highest BCUT2D eigenvalue weighted by atomic mass is 35.5. The first-order chi connectivity index (χ1) is 9.83. The van der Waals surface area contributed by atoms with E-state index >= 15 is 0 Å². The Hall–Kier alpha value is -0.750. The Morgan fingerprint density at radius 3 is 2.86 bits per heavy atom. The first kappa shape index (κ1) is 16.6. The molecule has 0 saturated carbocycles. The average molecular weight is 342 g/mol. The van der Waals surface area contributed by atoms with Gasteiger partial charge in [0.05, 0.1) is 11.0 Å². The summed E-state index contributed by atoms with van der Waals surface area (Å²) in [5.41, 5.74) is 2.33. The van der Waals surface area contributed by atoms with Gasteiger partial charge in [-0.3, -0.25) is 0 Å². The first-order valence-corrected chi connectivity index (χ1v) is 8.89. The molecule has 0 spiro atoms. The summed E-state index contributed by atoms with van der Waals surface area (Å²) in [6.45, 7) is 7.79. The van der Waals surface area contributed by atoms with Crippen molar-refractivity contribution >= 4 is 51.4 Å². The van der Waals surface area contributed by atoms with Gasteiger partial charge in [-0.2, -0.15) is 0 Å². The molecule has 0 N–H and O–H groups in total. The molecule has 0 aromatic carbocycles. The highest BCUT2D eigenvalue weighted by molar-refractivity contribution is 7.99. The van der Waals surface area contributed by atoms with E-state index in [1.54, 1.807) is 11.3 Å². The van der Waals surface area contributed by atoms with Crippen LogP contribution in [-0.2, 0) is 0 Å². The monoisotopic (exact) mass is 341 g/mol. The van der Waals surface area contributed by atoms with Gasteiger partial charge in [-0.25, -0.2) is 4.98 Å². The summed E-state index contributed by atoms with van der Waals surface area (Å²) in [5.74, 6) is 1.09. The van der Waals surface area contributed by atoms with Crippen LogP contribution in [0.1, 0.15) is 13.8 Å². The van der Waals surface area contributed by atoms with E-state index < -0.39 is 0 Å². The van der Waals surface area contributed by atoms with Crippen LogP contribution in [0.5, 0.6) is 0 Å². The Morgan fingerprint density at radius 2 is 2.10 bits per heavy atom. The molecule has 3 aromatic rings. The summed E-state index contributed by atoms with van der Waals surface area (Å²) in [7, 11) is 0. The lowest BCUT2D eigenvalue weighted by Gasteiger charge is -2.17. The van der Waals surface area contributed by atoms with Crippen LogP contribution in [0, 0.1) is 0 Å². The van der Waals surface area contributed by atoms with Gasteiger partial charge in [0.25, 0.3) is 0 Å². The van der Waals surface area contributed by atoms with E-state index in [2.05, 4.69) is 52.9 Å². The average Bonchev–Trinajstić information content (AvgIpc) is 3.10. The van der Waals surface area contributed by atoms with Gasteiger partial charge in [-0.05, 0) is 36.7 Å². The highest BCUT2D eigenvalue weighted by Crippen LogP contribution is 2.28. The largest absolute Gasteiger partial charge is 0.304 e. The number of thiophene rings is 1. The third-order valence-electron chi connectivity index (χ3n) is 3.57. The molecular weight excluding hydrogens is 322 g/mol. The minimum absolute atomic E-state index is 0. The number of aromatic nitrogens is 2. The van der Waals surface area contributed by atoms with E-state index in [0.29, 0.717) is 0 Å². The molecular formula is C15H20ClN3S2. The molecule has 3 aromatic heterocycles. The zero-order valence-corrected chi connectivity index (χ0v) is 14.7. The quantitative estimate of drug-likeness (QED) is 0.620. The predicted molar refractivity (Wildman–Crippen MR) is 96.3 cm³/mol. The highest BCUT2D eigenvalue weighted by Gasteiger charge is 2.09. The molecule has 3 heterocycles. The fourth-order valence-corrected chi connectivity index (χ4v) is 4.23. The molecule has 0 aliphatic rings. The molecule has 0 amide bonds. The third-order valence-corrected chi connectivity index (χ3v) is 5.44. The first-order valence-electron chi connectivity index (χ1n) is 7.03. The maximum absolute atomic E-state index is 4.82. The summed E-state index contributed by atoms with van der Waals surface area (Å²) < 4.78 is 2.26. The summed E-state index contributed by atoms with van der Waals surface area (Å²) in [5, 5.41) is 3.26. The van der Waals surface area contributed by atoms with E-state index in [-0.39, 0.29) is 12.4 Å². The Morgan fingerprint density at radius 1 is 1.29 bits per heavy atom. The van der Waals surface area contributed by atoms with E-state index in [4.69, 9.17) is 4.98 Å². The SMILES string of the molecule is CCN(CC)CCSc1nc2ccsc2n2cccc12.Cl. The summed E-state index contributed by atoms with van der Waals surface area (Å²) in [4.78, 5) is 8.50. The second kappa shape index (κ2) is 7.49. The number of rotatable bonds is 6. The molecule has 0 aliphatic carbocycles. The maximum atomic E-state index is 4.82. The summed E-state index contributed by atoms with van der Waals surface area (Å²) in [6.07, 6.45) is 2.13. The van der Waals surface area contributed by atoms with Crippen LogP contribution in [-0.4, -0.2) is 39.7 Å². The fraction of sp³-hybridized carbons (Fsp3) is 0.400. The molecule has 0 radical (unpaired) electrons. The minimum Gasteiger partial charge on any atom is -0.304 e. The van der Waals surface area contributed by atoms with Crippen LogP contribution in [0.25, 0.3) is 15.9 Å². The van der Waals surface area contributed by atoms with Gasteiger partial charge >= 0.3 is 0 Å². The normalized spacial score (nSPS) is 11.4. The maximum Gasteiger partial charge on any atom is 0.126 e. The van der Waals surface area contributed by atoms with Crippen molar-refractivity contribution in [3.63, 3.8) is 0 Å². The van der Waals surface area contributed by atoms with Crippen molar-refractivity contribution in [2.75, 3.05) is 25.4 Å². The van der Waals surface area contributed by atoms with Gasteiger partial charge in [0.2, 0.25) is 0 Å². The Balaban J connectivity index is 0.00000161.